The Morgan fingerprint density at radius 1 is 0.704 bits per heavy atom. The lowest BCUT2D eigenvalue weighted by Gasteiger charge is -1.97. The Labute approximate surface area is 159 Å². The average molecular weight is 365 g/mol. The van der Waals surface area contributed by atoms with E-state index in [9.17, 15) is 0 Å². The number of H-pyrrole nitrogens is 1. The summed E-state index contributed by atoms with van der Waals surface area (Å²) in [5.41, 5.74) is 5.48. The van der Waals surface area contributed by atoms with E-state index >= 15 is 0 Å². The molecule has 1 N–H and O–H groups in total. The van der Waals surface area contributed by atoms with Crippen LogP contribution in [0.15, 0.2) is 88.7 Å². The lowest BCUT2D eigenvalue weighted by Crippen LogP contribution is -1.76. The molecule has 27 heavy (non-hydrogen) atoms. The summed E-state index contributed by atoms with van der Waals surface area (Å²) in [6.45, 7) is 0. The van der Waals surface area contributed by atoms with Gasteiger partial charge in [-0.2, -0.15) is 0 Å². The van der Waals surface area contributed by atoms with E-state index in [1.54, 1.807) is 11.3 Å². The van der Waals surface area contributed by atoms with Crippen molar-refractivity contribution in [1.29, 1.82) is 0 Å². The smallest absolute Gasteiger partial charge is 0.135 e. The highest BCUT2D eigenvalue weighted by atomic mass is 32.1. The maximum atomic E-state index is 6.12. The normalized spacial score (nSPS) is 11.7. The molecular formula is C24H15NOS. The van der Waals surface area contributed by atoms with Gasteiger partial charge in [-0.3, -0.25) is 0 Å². The Hall–Kier alpha value is -3.30. The predicted molar refractivity (Wildman–Crippen MR) is 114 cm³/mol. The van der Waals surface area contributed by atoms with Crippen LogP contribution in [0.5, 0.6) is 0 Å². The molecule has 0 saturated carbocycles. The van der Waals surface area contributed by atoms with Crippen LogP contribution in [0.2, 0.25) is 0 Å². The number of rotatable bonds is 2. The molecule has 0 amide bonds. The van der Waals surface area contributed by atoms with Crippen molar-refractivity contribution in [2.45, 2.75) is 0 Å². The predicted octanol–water partition coefficient (Wildman–Crippen LogP) is 7.46. The Kier molecular flexibility index (Phi) is 3.07. The highest BCUT2D eigenvalue weighted by molar-refractivity contribution is 7.17. The number of benzene rings is 3. The molecule has 0 spiro atoms. The van der Waals surface area contributed by atoms with Crippen LogP contribution >= 0.6 is 11.3 Å². The zero-order valence-corrected chi connectivity index (χ0v) is 15.2. The molecular weight excluding hydrogens is 350 g/mol. The second-order valence-corrected chi connectivity index (χ2v) is 7.75. The van der Waals surface area contributed by atoms with Gasteiger partial charge in [-0.25, -0.2) is 0 Å². The molecule has 0 aliphatic carbocycles. The summed E-state index contributed by atoms with van der Waals surface area (Å²) in [5.74, 6) is 0.909. The largest absolute Gasteiger partial charge is 0.456 e. The Morgan fingerprint density at radius 2 is 1.59 bits per heavy atom. The van der Waals surface area contributed by atoms with Gasteiger partial charge in [-0.15, -0.1) is 11.3 Å². The minimum absolute atomic E-state index is 0.909. The van der Waals surface area contributed by atoms with Crippen molar-refractivity contribution >= 4 is 43.3 Å². The summed E-state index contributed by atoms with van der Waals surface area (Å²) in [4.78, 5) is 3.50. The maximum Gasteiger partial charge on any atom is 0.135 e. The summed E-state index contributed by atoms with van der Waals surface area (Å²) < 4.78 is 7.42. The van der Waals surface area contributed by atoms with Gasteiger partial charge in [0.25, 0.3) is 0 Å². The molecule has 3 aromatic carbocycles. The fourth-order valence-corrected chi connectivity index (χ4v) is 4.47. The molecule has 0 unspecified atom stereocenters. The first kappa shape index (κ1) is 14.8. The average Bonchev–Trinajstić information content (AvgIpc) is 3.42. The van der Waals surface area contributed by atoms with E-state index < -0.39 is 0 Å². The molecule has 3 heterocycles. The van der Waals surface area contributed by atoms with Crippen LogP contribution < -0.4 is 0 Å². The third-order valence-corrected chi connectivity index (χ3v) is 5.99. The Bertz CT molecular complexity index is 1400. The molecule has 6 aromatic rings. The van der Waals surface area contributed by atoms with Gasteiger partial charge in [0.15, 0.2) is 0 Å². The highest BCUT2D eigenvalue weighted by Crippen LogP contribution is 2.34. The van der Waals surface area contributed by atoms with Crippen LogP contribution in [0.4, 0.5) is 0 Å². The number of hydrogen-bond donors (Lipinski definition) is 1. The number of aromatic nitrogens is 1. The topological polar surface area (TPSA) is 28.9 Å². The van der Waals surface area contributed by atoms with Gasteiger partial charge < -0.3 is 9.40 Å². The third kappa shape index (κ3) is 2.40. The minimum Gasteiger partial charge on any atom is -0.456 e. The molecule has 0 bridgehead atoms. The summed E-state index contributed by atoms with van der Waals surface area (Å²) in [6, 6.07) is 27.7. The number of furan rings is 1. The molecule has 0 radical (unpaired) electrons. The van der Waals surface area contributed by atoms with E-state index in [0.29, 0.717) is 0 Å². The lowest BCUT2D eigenvalue weighted by molar-refractivity contribution is 0.632. The van der Waals surface area contributed by atoms with Crippen LogP contribution in [0, 0.1) is 0 Å². The van der Waals surface area contributed by atoms with Crippen LogP contribution in [0.3, 0.4) is 0 Å². The molecule has 3 heteroatoms. The van der Waals surface area contributed by atoms with Crippen LogP contribution in [-0.2, 0) is 0 Å². The van der Waals surface area contributed by atoms with Gasteiger partial charge in [0.1, 0.15) is 11.3 Å². The SMILES string of the molecule is c1ccc2[nH]c(-c3ccc4oc(-c5ccc6sccc6c5)cc4c3)cc2c1. The van der Waals surface area contributed by atoms with Crippen molar-refractivity contribution in [3.63, 3.8) is 0 Å². The Morgan fingerprint density at radius 3 is 2.56 bits per heavy atom. The van der Waals surface area contributed by atoms with E-state index in [1.807, 2.05) is 0 Å². The van der Waals surface area contributed by atoms with Gasteiger partial charge in [-0.05, 0) is 77.0 Å². The third-order valence-electron chi connectivity index (χ3n) is 5.09. The van der Waals surface area contributed by atoms with Crippen molar-refractivity contribution in [2.24, 2.45) is 0 Å². The standard InChI is InChI=1S/C24H15NOS/c1-2-4-20-15(3-1)13-21(25-20)16-5-7-22-19(11-16)14-23(26-22)17-6-8-24-18(12-17)9-10-27-24/h1-14,25H. The van der Waals surface area contributed by atoms with E-state index in [2.05, 4.69) is 89.2 Å². The number of aromatic amines is 1. The number of para-hydroxylation sites is 1. The van der Waals surface area contributed by atoms with Crippen molar-refractivity contribution < 1.29 is 4.42 Å². The van der Waals surface area contributed by atoms with E-state index in [0.717, 1.165) is 33.5 Å². The first-order chi connectivity index (χ1) is 13.3. The van der Waals surface area contributed by atoms with Gasteiger partial charge in [-0.1, -0.05) is 18.2 Å². The fraction of sp³-hybridized carbons (Fsp3) is 0. The van der Waals surface area contributed by atoms with Crippen LogP contribution in [0.25, 0.3) is 54.5 Å². The number of hydrogen-bond acceptors (Lipinski definition) is 2. The van der Waals surface area contributed by atoms with Gasteiger partial charge in [0.2, 0.25) is 0 Å². The number of nitrogens with one attached hydrogen (secondary N) is 1. The molecule has 3 aromatic heterocycles. The van der Waals surface area contributed by atoms with Crippen molar-refractivity contribution in [3.05, 3.63) is 84.2 Å². The summed E-state index contributed by atoms with van der Waals surface area (Å²) in [5, 5.41) is 5.73. The second kappa shape index (κ2) is 5.60. The molecule has 2 nitrogen and oxygen atoms in total. The second-order valence-electron chi connectivity index (χ2n) is 6.81. The van der Waals surface area contributed by atoms with E-state index in [4.69, 9.17) is 4.42 Å². The monoisotopic (exact) mass is 365 g/mol. The number of thiophene rings is 1. The number of fused-ring (bicyclic) bond motifs is 3. The van der Waals surface area contributed by atoms with Gasteiger partial charge in [0.05, 0.1) is 0 Å². The van der Waals surface area contributed by atoms with Gasteiger partial charge >= 0.3 is 0 Å². The summed E-state index contributed by atoms with van der Waals surface area (Å²) in [7, 11) is 0. The first-order valence-corrected chi connectivity index (χ1v) is 9.81. The van der Waals surface area contributed by atoms with Crippen molar-refractivity contribution in [2.75, 3.05) is 0 Å². The lowest BCUT2D eigenvalue weighted by atomic mass is 10.1. The van der Waals surface area contributed by atoms with Crippen LogP contribution in [0.1, 0.15) is 0 Å². The van der Waals surface area contributed by atoms with Crippen LogP contribution in [-0.4, -0.2) is 4.98 Å². The quantitative estimate of drug-likeness (QED) is 0.339. The molecule has 0 atom stereocenters. The molecule has 0 aliphatic heterocycles. The molecule has 0 aliphatic rings. The summed E-state index contributed by atoms with van der Waals surface area (Å²) >= 11 is 1.76. The van der Waals surface area contributed by atoms with Crippen molar-refractivity contribution in [1.82, 2.24) is 4.98 Å². The maximum absolute atomic E-state index is 6.12. The Balaban J connectivity index is 1.46. The molecule has 0 fully saturated rings. The van der Waals surface area contributed by atoms with E-state index in [-0.39, 0.29) is 0 Å². The molecule has 0 saturated heterocycles. The first-order valence-electron chi connectivity index (χ1n) is 8.93. The van der Waals surface area contributed by atoms with Gasteiger partial charge in [0, 0.05) is 32.2 Å². The highest BCUT2D eigenvalue weighted by Gasteiger charge is 2.10. The fourth-order valence-electron chi connectivity index (χ4n) is 3.70. The zero-order chi connectivity index (χ0) is 17.8. The molecule has 128 valence electrons. The van der Waals surface area contributed by atoms with E-state index in [1.165, 1.54) is 21.0 Å². The molecule has 6 rings (SSSR count). The van der Waals surface area contributed by atoms with Crippen molar-refractivity contribution in [3.8, 4) is 22.6 Å². The summed E-state index contributed by atoms with van der Waals surface area (Å²) in [6.07, 6.45) is 0. The minimum atomic E-state index is 0.909. The zero-order valence-electron chi connectivity index (χ0n) is 14.4.